The van der Waals surface area contributed by atoms with Crippen LogP contribution in [0.25, 0.3) is 21.5 Å². The maximum Gasteiger partial charge on any atom is 0.336 e. The van der Waals surface area contributed by atoms with Crippen LogP contribution in [-0.4, -0.2) is 27.2 Å². The molecule has 0 aliphatic heterocycles. The van der Waals surface area contributed by atoms with E-state index in [-0.39, 0.29) is 11.4 Å². The molecule has 0 aliphatic carbocycles. The van der Waals surface area contributed by atoms with Crippen molar-refractivity contribution in [3.63, 3.8) is 0 Å². The normalized spacial score (nSPS) is 13.1. The van der Waals surface area contributed by atoms with E-state index in [1.54, 1.807) is 6.07 Å². The first-order valence-corrected chi connectivity index (χ1v) is 14.7. The number of hydrogen-bond donors (Lipinski definition) is 0. The van der Waals surface area contributed by atoms with Gasteiger partial charge in [0.1, 0.15) is 6.10 Å². The fourth-order valence-electron chi connectivity index (χ4n) is 3.96. The highest BCUT2D eigenvalue weighted by Gasteiger charge is 2.30. The van der Waals surface area contributed by atoms with Gasteiger partial charge in [0.2, 0.25) is 0 Å². The summed E-state index contributed by atoms with van der Waals surface area (Å²) < 4.78 is 11.6. The van der Waals surface area contributed by atoms with Crippen molar-refractivity contribution in [2.75, 3.05) is 7.11 Å². The molecule has 0 amide bonds. The number of rotatable bonds is 7. The monoisotopic (exact) mass is 468 g/mol. The highest BCUT2D eigenvalue weighted by molar-refractivity contribution is 6.69. The van der Waals surface area contributed by atoms with Crippen LogP contribution in [0.15, 0.2) is 96.6 Å². The average Bonchev–Trinajstić information content (AvgIpc) is 2.84. The number of methoxy groups -OCH3 is 1. The zero-order valence-corrected chi connectivity index (χ0v) is 20.9. The van der Waals surface area contributed by atoms with Crippen molar-refractivity contribution < 1.29 is 18.8 Å². The summed E-state index contributed by atoms with van der Waals surface area (Å²) in [4.78, 5) is 26.3. The molecule has 0 aromatic heterocycles. The molecule has 172 valence electrons. The van der Waals surface area contributed by atoms with Crippen molar-refractivity contribution in [1.29, 1.82) is 0 Å². The fourth-order valence-corrected chi connectivity index (χ4v) is 4.93. The molecule has 4 rings (SSSR count). The van der Waals surface area contributed by atoms with E-state index in [0.717, 1.165) is 27.1 Å². The molecule has 0 saturated heterocycles. The van der Waals surface area contributed by atoms with E-state index in [0.29, 0.717) is 5.56 Å². The molecule has 0 aliphatic rings. The number of hydrogen-bond acceptors (Lipinski definition) is 4. The molecule has 1 unspecified atom stereocenters. The molecule has 0 fully saturated rings. The van der Waals surface area contributed by atoms with Crippen LogP contribution < -0.4 is 0 Å². The molecule has 4 nitrogen and oxygen atoms in total. The van der Waals surface area contributed by atoms with E-state index in [1.807, 2.05) is 78.9 Å². The van der Waals surface area contributed by atoms with Crippen molar-refractivity contribution in [3.05, 3.63) is 108 Å². The Morgan fingerprint density at radius 2 is 1.32 bits per heavy atom. The number of esters is 1. The molecule has 0 radical (unpaired) electrons. The number of allylic oxidation sites excluding steroid dienone is 1. The van der Waals surface area contributed by atoms with E-state index in [4.69, 9.17) is 9.16 Å². The Morgan fingerprint density at radius 1 is 0.765 bits per heavy atom. The molecule has 4 aromatic rings. The standard InChI is InChI=1S/C29H28O4Si/c1-32-29(31)26(19-27(30)24-15-13-20-9-5-7-11-22(20)17-24)28(33-34(2,3)4)25-16-14-21-10-6-8-12-23(21)18-25/h5-19,28H,1-4H3/b26-19-. The second-order valence-corrected chi connectivity index (χ2v) is 13.7. The second-order valence-electron chi connectivity index (χ2n) is 9.23. The number of ether oxygens (including phenoxy) is 1. The van der Waals surface area contributed by atoms with Crippen LogP contribution in [0.1, 0.15) is 22.0 Å². The Balaban J connectivity index is 1.81. The van der Waals surface area contributed by atoms with Gasteiger partial charge in [-0.15, -0.1) is 0 Å². The Hall–Kier alpha value is -3.54. The zero-order valence-electron chi connectivity index (χ0n) is 19.9. The topological polar surface area (TPSA) is 52.6 Å². The molecule has 4 aromatic carbocycles. The Labute approximate surface area is 201 Å². The van der Waals surface area contributed by atoms with Gasteiger partial charge in [-0.1, -0.05) is 72.8 Å². The lowest BCUT2D eigenvalue weighted by molar-refractivity contribution is -0.137. The third kappa shape index (κ3) is 5.33. The van der Waals surface area contributed by atoms with Crippen molar-refractivity contribution in [2.24, 2.45) is 0 Å². The van der Waals surface area contributed by atoms with Crippen LogP contribution >= 0.6 is 0 Å². The lowest BCUT2D eigenvalue weighted by Crippen LogP contribution is -2.31. The maximum absolute atomic E-state index is 13.3. The van der Waals surface area contributed by atoms with Gasteiger partial charge in [0.25, 0.3) is 0 Å². The van der Waals surface area contributed by atoms with Gasteiger partial charge in [0.15, 0.2) is 14.1 Å². The molecule has 34 heavy (non-hydrogen) atoms. The van der Waals surface area contributed by atoms with Gasteiger partial charge in [-0.2, -0.15) is 0 Å². The van der Waals surface area contributed by atoms with Crippen LogP contribution in [0.4, 0.5) is 0 Å². The second kappa shape index (κ2) is 9.75. The summed E-state index contributed by atoms with van der Waals surface area (Å²) >= 11 is 0. The van der Waals surface area contributed by atoms with Gasteiger partial charge in [-0.25, -0.2) is 4.79 Å². The van der Waals surface area contributed by atoms with Gasteiger partial charge in [0.05, 0.1) is 12.7 Å². The first-order chi connectivity index (χ1) is 16.2. The van der Waals surface area contributed by atoms with Gasteiger partial charge in [-0.3, -0.25) is 4.79 Å². The molecular formula is C29H28O4Si. The minimum absolute atomic E-state index is 0.193. The predicted molar refractivity (Wildman–Crippen MR) is 139 cm³/mol. The third-order valence-corrected chi connectivity index (χ3v) is 6.51. The maximum atomic E-state index is 13.3. The first kappa shape index (κ1) is 23.6. The molecule has 0 saturated carbocycles. The van der Waals surface area contributed by atoms with E-state index in [2.05, 4.69) is 19.6 Å². The van der Waals surface area contributed by atoms with Crippen LogP contribution in [0.3, 0.4) is 0 Å². The zero-order chi connectivity index (χ0) is 24.3. The number of carbonyl (C=O) groups is 2. The van der Waals surface area contributed by atoms with Crippen molar-refractivity contribution >= 4 is 41.6 Å². The highest BCUT2D eigenvalue weighted by Crippen LogP contribution is 2.33. The Kier molecular flexibility index (Phi) is 6.77. The molecule has 0 N–H and O–H groups in total. The van der Waals surface area contributed by atoms with Crippen molar-refractivity contribution in [3.8, 4) is 0 Å². The number of benzene rings is 4. The fraction of sp³-hybridized carbons (Fsp3) is 0.172. The highest BCUT2D eigenvalue weighted by atomic mass is 28.4. The molecule has 5 heteroatoms. The number of carbonyl (C=O) groups excluding carboxylic acids is 2. The summed E-state index contributed by atoms with van der Waals surface area (Å²) in [5.74, 6) is -0.846. The van der Waals surface area contributed by atoms with Crippen LogP contribution in [0.5, 0.6) is 0 Å². The summed E-state index contributed by atoms with van der Waals surface area (Å²) in [6, 6.07) is 27.4. The largest absolute Gasteiger partial charge is 0.466 e. The third-order valence-electron chi connectivity index (χ3n) is 5.57. The number of ketones is 1. The minimum Gasteiger partial charge on any atom is -0.466 e. The van der Waals surface area contributed by atoms with Gasteiger partial charge in [0, 0.05) is 5.56 Å². The van der Waals surface area contributed by atoms with Crippen LogP contribution in [0, 0.1) is 0 Å². The molecule has 0 bridgehead atoms. The predicted octanol–water partition coefficient (Wildman–Crippen LogP) is 6.87. The molecule has 0 heterocycles. The minimum atomic E-state index is -2.12. The van der Waals surface area contributed by atoms with Crippen LogP contribution in [-0.2, 0) is 14.0 Å². The average molecular weight is 469 g/mol. The van der Waals surface area contributed by atoms with Gasteiger partial charge < -0.3 is 9.16 Å². The Morgan fingerprint density at radius 3 is 1.91 bits per heavy atom. The summed E-state index contributed by atoms with van der Waals surface area (Å²) in [6.45, 7) is 6.17. The van der Waals surface area contributed by atoms with E-state index in [1.165, 1.54) is 13.2 Å². The van der Waals surface area contributed by atoms with Gasteiger partial charge in [-0.05, 0) is 65.0 Å². The molecular weight excluding hydrogens is 440 g/mol. The SMILES string of the molecule is COC(=O)/C(=C\C(=O)c1ccc2ccccc2c1)C(O[Si](C)(C)C)c1ccc2ccccc2c1. The Bertz CT molecular complexity index is 1400. The summed E-state index contributed by atoms with van der Waals surface area (Å²) in [5, 5.41) is 4.14. The van der Waals surface area contributed by atoms with E-state index >= 15 is 0 Å². The smallest absolute Gasteiger partial charge is 0.336 e. The van der Waals surface area contributed by atoms with Crippen molar-refractivity contribution in [1.82, 2.24) is 0 Å². The summed E-state index contributed by atoms with van der Waals surface area (Å²) in [6.07, 6.45) is 0.656. The van der Waals surface area contributed by atoms with Crippen LogP contribution in [0.2, 0.25) is 19.6 Å². The van der Waals surface area contributed by atoms with E-state index in [9.17, 15) is 9.59 Å². The summed E-state index contributed by atoms with van der Waals surface area (Å²) in [5.41, 5.74) is 1.51. The molecule has 0 spiro atoms. The molecule has 1 atom stereocenters. The summed E-state index contributed by atoms with van der Waals surface area (Å²) in [7, 11) is -0.796. The van der Waals surface area contributed by atoms with E-state index < -0.39 is 20.4 Å². The van der Waals surface area contributed by atoms with Gasteiger partial charge >= 0.3 is 5.97 Å². The lowest BCUT2D eigenvalue weighted by Gasteiger charge is -2.28. The lowest BCUT2D eigenvalue weighted by atomic mass is 9.96. The van der Waals surface area contributed by atoms with Crippen molar-refractivity contribution in [2.45, 2.75) is 25.7 Å². The quantitative estimate of drug-likeness (QED) is 0.129. The number of fused-ring (bicyclic) bond motifs is 2. The first-order valence-electron chi connectivity index (χ1n) is 11.2.